The van der Waals surface area contributed by atoms with Gasteiger partial charge in [0.15, 0.2) is 0 Å². The summed E-state index contributed by atoms with van der Waals surface area (Å²) in [5.74, 6) is 2.70. The molecule has 5 atom stereocenters. The number of piperidine rings is 1. The summed E-state index contributed by atoms with van der Waals surface area (Å²) in [6, 6.07) is 0. The lowest BCUT2D eigenvalue weighted by molar-refractivity contribution is -0.149. The molecule has 0 aromatic rings. The molecule has 1 saturated carbocycles. The second kappa shape index (κ2) is 6.35. The molecule has 4 heteroatoms. The summed E-state index contributed by atoms with van der Waals surface area (Å²) in [6.45, 7) is 7.50. The molecule has 2 aliphatic heterocycles. The Hall–Kier alpha value is -1.29. The van der Waals surface area contributed by atoms with E-state index in [1.54, 1.807) is 18.3 Å². The van der Waals surface area contributed by atoms with E-state index >= 15 is 0 Å². The van der Waals surface area contributed by atoms with E-state index in [2.05, 4.69) is 31.9 Å². The van der Waals surface area contributed by atoms with E-state index in [1.807, 2.05) is 0 Å². The Morgan fingerprint density at radius 2 is 2.11 bits per heavy atom. The minimum absolute atomic E-state index is 0.0104. The molecule has 154 valence electrons. The predicted octanol–water partition coefficient (Wildman–Crippen LogP) is 4.17. The van der Waals surface area contributed by atoms with Crippen LogP contribution < -0.4 is 0 Å². The third-order valence-corrected chi connectivity index (χ3v) is 8.92. The molecule has 0 aromatic heterocycles. The Morgan fingerprint density at radius 3 is 2.79 bits per heavy atom. The fraction of sp³-hybridized carbons (Fsp3) is 0.792. The molecule has 5 aliphatic rings. The molecule has 1 saturated heterocycles. The predicted molar refractivity (Wildman–Crippen MR) is 108 cm³/mol. The number of ether oxygens (including phenoxy) is 2. The van der Waals surface area contributed by atoms with Crippen molar-refractivity contribution >= 4 is 5.97 Å². The van der Waals surface area contributed by atoms with Gasteiger partial charge in [0.2, 0.25) is 0 Å². The lowest BCUT2D eigenvalue weighted by atomic mass is 9.51. The van der Waals surface area contributed by atoms with Crippen LogP contribution in [0.4, 0.5) is 0 Å². The molecule has 5 unspecified atom stereocenters. The summed E-state index contributed by atoms with van der Waals surface area (Å²) >= 11 is 0. The van der Waals surface area contributed by atoms with E-state index in [0.717, 1.165) is 44.7 Å². The topological polar surface area (TPSA) is 38.8 Å². The van der Waals surface area contributed by atoms with Crippen LogP contribution in [0.1, 0.15) is 52.4 Å². The first-order valence-electron chi connectivity index (χ1n) is 11.2. The van der Waals surface area contributed by atoms with Gasteiger partial charge in [-0.1, -0.05) is 25.0 Å². The minimum Gasteiger partial charge on any atom is -0.497 e. The molecular weight excluding hydrogens is 350 g/mol. The quantitative estimate of drug-likeness (QED) is 0.528. The van der Waals surface area contributed by atoms with E-state index < -0.39 is 0 Å². The van der Waals surface area contributed by atoms with Crippen LogP contribution in [-0.2, 0) is 14.3 Å². The smallest absolute Gasteiger partial charge is 0.309 e. The molecular formula is C24H35NO3. The van der Waals surface area contributed by atoms with Crippen molar-refractivity contribution < 1.29 is 14.3 Å². The largest absolute Gasteiger partial charge is 0.497 e. The van der Waals surface area contributed by atoms with E-state index in [9.17, 15) is 4.79 Å². The third kappa shape index (κ3) is 2.30. The second-order valence-corrected chi connectivity index (χ2v) is 10.4. The highest BCUT2D eigenvalue weighted by atomic mass is 16.5. The van der Waals surface area contributed by atoms with Gasteiger partial charge < -0.3 is 14.4 Å². The maximum absolute atomic E-state index is 12.8. The molecule has 2 heterocycles. The second-order valence-electron chi connectivity index (χ2n) is 10.4. The summed E-state index contributed by atoms with van der Waals surface area (Å²) in [6.07, 6.45) is 9.29. The molecule has 2 spiro atoms. The highest BCUT2D eigenvalue weighted by Gasteiger charge is 2.68. The van der Waals surface area contributed by atoms with Gasteiger partial charge in [-0.25, -0.2) is 0 Å². The van der Waals surface area contributed by atoms with Crippen LogP contribution in [0.15, 0.2) is 23.0 Å². The average molecular weight is 386 g/mol. The van der Waals surface area contributed by atoms with Crippen LogP contribution >= 0.6 is 0 Å². The van der Waals surface area contributed by atoms with Crippen molar-refractivity contribution in [3.63, 3.8) is 0 Å². The number of rotatable bonds is 2. The molecule has 0 amide bonds. The zero-order valence-corrected chi connectivity index (χ0v) is 17.9. The number of hydrogen-bond acceptors (Lipinski definition) is 4. The van der Waals surface area contributed by atoms with Crippen LogP contribution in [0.2, 0.25) is 0 Å². The summed E-state index contributed by atoms with van der Waals surface area (Å²) in [7, 11) is 3.84. The lowest BCUT2D eigenvalue weighted by Gasteiger charge is -2.59. The molecule has 0 radical (unpaired) electrons. The standard InChI is InChI=1S/C24H35NO3/c1-15(2)20-9-10-23(14-28-20)17-7-5-16-6-8-18-19(22(26)27-4)11-24(23,21(16)18)13-25(3)12-17/h9,15,17-19H,5-8,10-14H2,1-4H3. The Bertz CT molecular complexity index is 753. The monoisotopic (exact) mass is 385 g/mol. The SMILES string of the molecule is COC(=O)C1CC23CN(C)CC(CCC4=C2C1CC4)C31CC=C(C(C)C)OC1. The number of likely N-dealkylation sites (tertiary alicyclic amines) is 1. The number of methoxy groups -OCH3 is 1. The fourth-order valence-corrected chi connectivity index (χ4v) is 7.85. The van der Waals surface area contributed by atoms with Crippen LogP contribution in [0, 0.1) is 34.5 Å². The van der Waals surface area contributed by atoms with Gasteiger partial charge in [0.05, 0.1) is 25.4 Å². The van der Waals surface area contributed by atoms with Crippen molar-refractivity contribution in [2.75, 3.05) is 33.9 Å². The van der Waals surface area contributed by atoms with Gasteiger partial charge >= 0.3 is 5.97 Å². The van der Waals surface area contributed by atoms with Gasteiger partial charge in [0.25, 0.3) is 0 Å². The Kier molecular flexibility index (Phi) is 4.25. The fourth-order valence-electron chi connectivity index (χ4n) is 7.85. The van der Waals surface area contributed by atoms with Crippen molar-refractivity contribution in [3.05, 3.63) is 23.0 Å². The lowest BCUT2D eigenvalue weighted by Crippen LogP contribution is -2.61. The first-order chi connectivity index (χ1) is 13.4. The molecule has 2 fully saturated rings. The maximum atomic E-state index is 12.8. The van der Waals surface area contributed by atoms with Crippen molar-refractivity contribution in [3.8, 4) is 0 Å². The zero-order chi connectivity index (χ0) is 19.7. The van der Waals surface area contributed by atoms with Crippen LogP contribution in [0.5, 0.6) is 0 Å². The minimum atomic E-state index is 0.0104. The Balaban J connectivity index is 1.66. The van der Waals surface area contributed by atoms with Crippen LogP contribution in [0.3, 0.4) is 0 Å². The Morgan fingerprint density at radius 1 is 1.32 bits per heavy atom. The average Bonchev–Trinajstić information content (AvgIpc) is 3.22. The molecule has 3 aliphatic carbocycles. The highest BCUT2D eigenvalue weighted by molar-refractivity contribution is 5.75. The number of carbonyl (C=O) groups excluding carboxylic acids is 1. The summed E-state index contributed by atoms with van der Waals surface area (Å²) in [5, 5.41) is 0. The normalized spacial score (nSPS) is 42.3. The summed E-state index contributed by atoms with van der Waals surface area (Å²) in [4.78, 5) is 15.3. The number of esters is 1. The number of hydrogen-bond donors (Lipinski definition) is 0. The molecule has 2 bridgehead atoms. The van der Waals surface area contributed by atoms with Crippen LogP contribution in [0.25, 0.3) is 0 Å². The number of nitrogens with zero attached hydrogens (tertiary/aromatic N) is 1. The van der Waals surface area contributed by atoms with Crippen molar-refractivity contribution in [1.29, 1.82) is 0 Å². The molecule has 28 heavy (non-hydrogen) atoms. The van der Waals surface area contributed by atoms with Gasteiger partial charge in [-0.3, -0.25) is 4.79 Å². The number of allylic oxidation sites excluding steroid dienone is 3. The zero-order valence-electron chi connectivity index (χ0n) is 17.9. The van der Waals surface area contributed by atoms with Gasteiger partial charge in [0, 0.05) is 29.8 Å². The summed E-state index contributed by atoms with van der Waals surface area (Å²) in [5.41, 5.74) is 3.57. The van der Waals surface area contributed by atoms with Crippen LogP contribution in [-0.4, -0.2) is 44.7 Å². The number of carbonyl (C=O) groups is 1. The molecule has 0 N–H and O–H groups in total. The van der Waals surface area contributed by atoms with E-state index in [1.165, 1.54) is 19.3 Å². The molecule has 5 rings (SSSR count). The molecule has 4 nitrogen and oxygen atoms in total. The Labute approximate surface area is 169 Å². The van der Waals surface area contributed by atoms with Gasteiger partial charge in [-0.2, -0.15) is 0 Å². The third-order valence-electron chi connectivity index (χ3n) is 8.92. The van der Waals surface area contributed by atoms with Crippen molar-refractivity contribution in [2.45, 2.75) is 52.4 Å². The van der Waals surface area contributed by atoms with Gasteiger partial charge in [0.1, 0.15) is 0 Å². The van der Waals surface area contributed by atoms with E-state index in [-0.39, 0.29) is 22.7 Å². The van der Waals surface area contributed by atoms with Crippen molar-refractivity contribution in [2.24, 2.45) is 34.5 Å². The van der Waals surface area contributed by atoms with Gasteiger partial charge in [-0.05, 0) is 63.5 Å². The maximum Gasteiger partial charge on any atom is 0.309 e. The van der Waals surface area contributed by atoms with Crippen molar-refractivity contribution in [1.82, 2.24) is 4.90 Å². The van der Waals surface area contributed by atoms with Gasteiger partial charge in [-0.15, -0.1) is 0 Å². The summed E-state index contributed by atoms with van der Waals surface area (Å²) < 4.78 is 11.8. The highest BCUT2D eigenvalue weighted by Crippen LogP contribution is 2.71. The molecule has 0 aromatic carbocycles. The van der Waals surface area contributed by atoms with E-state index in [0.29, 0.717) is 17.8 Å². The van der Waals surface area contributed by atoms with E-state index in [4.69, 9.17) is 9.47 Å². The first kappa shape index (κ1) is 18.7. The first-order valence-corrected chi connectivity index (χ1v) is 11.2.